The minimum absolute atomic E-state index is 0.314. The largest absolute Gasteiger partial charge is 0.465 e. The molecule has 0 amide bonds. The highest BCUT2D eigenvalue weighted by Crippen LogP contribution is 2.34. The molecule has 4 nitrogen and oxygen atoms in total. The standard InChI is InChI=1S/C16H22Cl2N2O2/c1-2-22-16(21)14(19)9-11-8-13(18)15(10-12(11)17)20-6-4-3-5-7-20/h8,10,14H,2-7,9,19H2,1H3. The van der Waals surface area contributed by atoms with Crippen molar-refractivity contribution in [1.29, 1.82) is 0 Å². The zero-order chi connectivity index (χ0) is 16.1. The number of carbonyl (C=O) groups is 1. The lowest BCUT2D eigenvalue weighted by Gasteiger charge is -2.30. The number of piperidine rings is 1. The zero-order valence-corrected chi connectivity index (χ0v) is 14.3. The monoisotopic (exact) mass is 344 g/mol. The van der Waals surface area contributed by atoms with Crippen molar-refractivity contribution in [2.75, 3.05) is 24.6 Å². The molecular formula is C16H22Cl2N2O2. The van der Waals surface area contributed by atoms with E-state index < -0.39 is 12.0 Å². The van der Waals surface area contributed by atoms with Crippen molar-refractivity contribution in [1.82, 2.24) is 0 Å². The number of hydrogen-bond donors (Lipinski definition) is 1. The van der Waals surface area contributed by atoms with Crippen LogP contribution in [0.2, 0.25) is 10.0 Å². The predicted octanol–water partition coefficient (Wildman–Crippen LogP) is 3.42. The number of nitrogens with two attached hydrogens (primary N) is 1. The van der Waals surface area contributed by atoms with Crippen molar-refractivity contribution in [3.05, 3.63) is 27.7 Å². The van der Waals surface area contributed by atoms with Gasteiger partial charge in [-0.3, -0.25) is 4.79 Å². The Labute approximate surface area is 141 Å². The summed E-state index contributed by atoms with van der Waals surface area (Å²) < 4.78 is 4.92. The number of halogens is 2. The van der Waals surface area contributed by atoms with Crippen molar-refractivity contribution >= 4 is 34.9 Å². The Kier molecular flexibility index (Phi) is 6.36. The maximum atomic E-state index is 11.6. The van der Waals surface area contributed by atoms with Crippen molar-refractivity contribution in [3.8, 4) is 0 Å². The molecule has 1 fully saturated rings. The van der Waals surface area contributed by atoms with Crippen molar-refractivity contribution in [3.63, 3.8) is 0 Å². The second-order valence-corrected chi connectivity index (χ2v) is 6.32. The Morgan fingerprint density at radius 1 is 1.27 bits per heavy atom. The summed E-state index contributed by atoms with van der Waals surface area (Å²) in [7, 11) is 0. The predicted molar refractivity (Wildman–Crippen MR) is 90.8 cm³/mol. The molecule has 0 aromatic heterocycles. The van der Waals surface area contributed by atoms with Crippen LogP contribution in [-0.4, -0.2) is 31.7 Å². The Balaban J connectivity index is 2.13. The molecule has 0 bridgehead atoms. The topological polar surface area (TPSA) is 55.6 Å². The molecule has 1 saturated heterocycles. The molecule has 1 aliphatic heterocycles. The Morgan fingerprint density at radius 2 is 1.95 bits per heavy atom. The summed E-state index contributed by atoms with van der Waals surface area (Å²) in [5.41, 5.74) is 7.58. The highest BCUT2D eigenvalue weighted by molar-refractivity contribution is 6.35. The number of rotatable bonds is 5. The first-order chi connectivity index (χ1) is 10.5. The van der Waals surface area contributed by atoms with E-state index in [1.807, 2.05) is 12.1 Å². The van der Waals surface area contributed by atoms with Crippen LogP contribution in [0.15, 0.2) is 12.1 Å². The third-order valence-electron chi connectivity index (χ3n) is 3.84. The number of anilines is 1. The fraction of sp³-hybridized carbons (Fsp3) is 0.562. The summed E-state index contributed by atoms with van der Waals surface area (Å²) in [6.07, 6.45) is 3.92. The number of carbonyl (C=O) groups excluding carboxylic acids is 1. The van der Waals surface area contributed by atoms with Gasteiger partial charge in [0.2, 0.25) is 0 Å². The van der Waals surface area contributed by atoms with E-state index in [0.717, 1.165) is 24.3 Å². The van der Waals surface area contributed by atoms with E-state index in [4.69, 9.17) is 33.7 Å². The Bertz CT molecular complexity index is 531. The van der Waals surface area contributed by atoms with Gasteiger partial charge in [-0.2, -0.15) is 0 Å². The summed E-state index contributed by atoms with van der Waals surface area (Å²) in [4.78, 5) is 13.9. The number of benzene rings is 1. The van der Waals surface area contributed by atoms with Gasteiger partial charge in [0.25, 0.3) is 0 Å². The normalized spacial score (nSPS) is 16.5. The lowest BCUT2D eigenvalue weighted by atomic mass is 10.0. The van der Waals surface area contributed by atoms with Crippen molar-refractivity contribution in [2.24, 2.45) is 5.73 Å². The van der Waals surface area contributed by atoms with Crippen LogP contribution >= 0.6 is 23.2 Å². The van der Waals surface area contributed by atoms with Crippen LogP contribution in [0, 0.1) is 0 Å². The third-order valence-corrected chi connectivity index (χ3v) is 4.50. The van der Waals surface area contributed by atoms with E-state index in [0.29, 0.717) is 23.1 Å². The lowest BCUT2D eigenvalue weighted by molar-refractivity contribution is -0.144. The maximum Gasteiger partial charge on any atom is 0.323 e. The van der Waals surface area contributed by atoms with E-state index in [-0.39, 0.29) is 0 Å². The summed E-state index contributed by atoms with van der Waals surface area (Å²) in [5.74, 6) is -0.421. The maximum absolute atomic E-state index is 11.6. The van der Waals surface area contributed by atoms with Gasteiger partial charge >= 0.3 is 5.97 Å². The molecule has 1 aromatic carbocycles. The van der Waals surface area contributed by atoms with Gasteiger partial charge < -0.3 is 15.4 Å². The van der Waals surface area contributed by atoms with E-state index in [9.17, 15) is 4.79 Å². The molecule has 2 rings (SSSR count). The summed E-state index contributed by atoms with van der Waals surface area (Å²) >= 11 is 12.8. The van der Waals surface area contributed by atoms with E-state index in [2.05, 4.69) is 4.90 Å². The average molecular weight is 345 g/mol. The van der Waals surface area contributed by atoms with Gasteiger partial charge in [-0.25, -0.2) is 0 Å². The molecule has 1 unspecified atom stereocenters. The minimum atomic E-state index is -0.727. The summed E-state index contributed by atoms with van der Waals surface area (Å²) in [6, 6.07) is 2.96. The molecule has 1 aromatic rings. The summed E-state index contributed by atoms with van der Waals surface area (Å²) in [5, 5.41) is 1.24. The Morgan fingerprint density at radius 3 is 2.59 bits per heavy atom. The molecule has 1 heterocycles. The zero-order valence-electron chi connectivity index (χ0n) is 12.8. The van der Waals surface area contributed by atoms with Gasteiger partial charge in [-0.05, 0) is 50.3 Å². The molecule has 122 valence electrons. The Hall–Kier alpha value is -0.970. The van der Waals surface area contributed by atoms with Gasteiger partial charge in [-0.15, -0.1) is 0 Å². The molecule has 1 aliphatic rings. The van der Waals surface area contributed by atoms with Crippen molar-refractivity contribution < 1.29 is 9.53 Å². The van der Waals surface area contributed by atoms with Gasteiger partial charge in [0.15, 0.2) is 0 Å². The van der Waals surface area contributed by atoms with Gasteiger partial charge in [0.1, 0.15) is 6.04 Å². The summed E-state index contributed by atoms with van der Waals surface area (Å²) in [6.45, 7) is 4.06. The SMILES string of the molecule is CCOC(=O)C(N)Cc1cc(Cl)c(N2CCCCC2)cc1Cl. The van der Waals surface area contributed by atoms with Crippen LogP contribution < -0.4 is 10.6 Å². The quantitative estimate of drug-likeness (QED) is 0.831. The molecular weight excluding hydrogens is 323 g/mol. The van der Waals surface area contributed by atoms with Crippen molar-refractivity contribution in [2.45, 2.75) is 38.6 Å². The first-order valence-electron chi connectivity index (χ1n) is 7.68. The number of esters is 1. The van der Waals surface area contributed by atoms with Crippen LogP contribution in [0.1, 0.15) is 31.7 Å². The molecule has 22 heavy (non-hydrogen) atoms. The number of ether oxygens (including phenoxy) is 1. The fourth-order valence-corrected chi connectivity index (χ4v) is 3.22. The molecule has 0 spiro atoms. The molecule has 1 atom stereocenters. The second kappa shape index (κ2) is 8.04. The van der Waals surface area contributed by atoms with Gasteiger partial charge in [0.05, 0.1) is 17.3 Å². The van der Waals surface area contributed by atoms with Gasteiger partial charge in [-0.1, -0.05) is 23.2 Å². The molecule has 6 heteroatoms. The molecule has 0 aliphatic carbocycles. The molecule has 0 saturated carbocycles. The molecule has 2 N–H and O–H groups in total. The third kappa shape index (κ3) is 4.28. The average Bonchev–Trinajstić information content (AvgIpc) is 2.51. The number of nitrogens with zero attached hydrogens (tertiary/aromatic N) is 1. The van der Waals surface area contributed by atoms with Crippen LogP contribution in [-0.2, 0) is 16.0 Å². The van der Waals surface area contributed by atoms with E-state index in [1.54, 1.807) is 6.92 Å². The number of hydrogen-bond acceptors (Lipinski definition) is 4. The highest BCUT2D eigenvalue weighted by Gasteiger charge is 2.20. The molecule has 0 radical (unpaired) electrons. The van der Waals surface area contributed by atoms with Crippen LogP contribution in [0.3, 0.4) is 0 Å². The highest BCUT2D eigenvalue weighted by atomic mass is 35.5. The minimum Gasteiger partial charge on any atom is -0.465 e. The van der Waals surface area contributed by atoms with Crippen LogP contribution in [0.25, 0.3) is 0 Å². The van der Waals surface area contributed by atoms with Gasteiger partial charge in [0, 0.05) is 18.1 Å². The van der Waals surface area contributed by atoms with Crippen LogP contribution in [0.4, 0.5) is 5.69 Å². The van der Waals surface area contributed by atoms with Crippen LogP contribution in [0.5, 0.6) is 0 Å². The lowest BCUT2D eigenvalue weighted by Crippen LogP contribution is -2.34. The van der Waals surface area contributed by atoms with E-state index >= 15 is 0 Å². The second-order valence-electron chi connectivity index (χ2n) is 5.51. The first kappa shape index (κ1) is 17.4. The fourth-order valence-electron chi connectivity index (χ4n) is 2.68. The first-order valence-corrected chi connectivity index (χ1v) is 8.43. The smallest absolute Gasteiger partial charge is 0.323 e. The van der Waals surface area contributed by atoms with E-state index in [1.165, 1.54) is 19.3 Å².